The molecule has 7 nitrogen and oxygen atoms in total. The van der Waals surface area contributed by atoms with E-state index in [-0.39, 0.29) is 17.5 Å². The van der Waals surface area contributed by atoms with E-state index in [1.54, 1.807) is 34.1 Å². The number of hydrogen-bond acceptors (Lipinski definition) is 4. The molecule has 3 aromatic rings. The van der Waals surface area contributed by atoms with Gasteiger partial charge in [-0.25, -0.2) is 4.79 Å². The van der Waals surface area contributed by atoms with Crippen LogP contribution < -0.4 is 5.69 Å². The van der Waals surface area contributed by atoms with Gasteiger partial charge in [0.15, 0.2) is 0 Å². The van der Waals surface area contributed by atoms with Crippen molar-refractivity contribution in [3.05, 3.63) is 63.0 Å². The molecule has 0 radical (unpaired) electrons. The Labute approximate surface area is 198 Å². The number of nitrogens with zero attached hydrogens (tertiary/aromatic N) is 2. The number of carbonyl (C=O) groups is 2. The third kappa shape index (κ3) is 4.57. The van der Waals surface area contributed by atoms with E-state index >= 15 is 0 Å². The fourth-order valence-electron chi connectivity index (χ4n) is 3.54. The van der Waals surface area contributed by atoms with Crippen LogP contribution in [0.5, 0.6) is 0 Å². The number of carbonyl (C=O) groups excluding carboxylic acids is 2. The predicted molar refractivity (Wildman–Crippen MR) is 127 cm³/mol. The van der Waals surface area contributed by atoms with Gasteiger partial charge in [-0.2, -0.15) is 0 Å². The number of fused-ring (bicyclic) bond motifs is 1. The summed E-state index contributed by atoms with van der Waals surface area (Å²) in [7, 11) is 0. The third-order valence-electron chi connectivity index (χ3n) is 5.34. The molecule has 166 valence electrons. The number of imidazole rings is 1. The van der Waals surface area contributed by atoms with Gasteiger partial charge in [-0.05, 0) is 29.8 Å². The first kappa shape index (κ1) is 22.5. The Morgan fingerprint density at radius 3 is 2.16 bits per heavy atom. The molecule has 0 bridgehead atoms. The van der Waals surface area contributed by atoms with Crippen LogP contribution in [0, 0.1) is 0 Å². The maximum absolute atomic E-state index is 12.9. The first-order chi connectivity index (χ1) is 15.2. The second-order valence-corrected chi connectivity index (χ2v) is 9.33. The molecule has 0 spiro atoms. The molecule has 1 fully saturated rings. The van der Waals surface area contributed by atoms with Crippen LogP contribution in [0.1, 0.15) is 12.5 Å². The van der Waals surface area contributed by atoms with Crippen LogP contribution in [-0.2, 0) is 9.59 Å². The number of nitrogens with one attached hydrogen (secondary N) is 2. The Morgan fingerprint density at radius 2 is 1.53 bits per heavy atom. The molecule has 1 saturated heterocycles. The van der Waals surface area contributed by atoms with Gasteiger partial charge in [-0.1, -0.05) is 47.6 Å². The largest absolute Gasteiger partial charge is 0.339 e. The molecule has 2 aromatic carbocycles. The molecular weight excluding hydrogens is 471 g/mol. The summed E-state index contributed by atoms with van der Waals surface area (Å²) in [6.45, 7) is 7.47. The van der Waals surface area contributed by atoms with E-state index in [2.05, 4.69) is 16.5 Å². The van der Waals surface area contributed by atoms with E-state index in [0.29, 0.717) is 58.4 Å². The van der Waals surface area contributed by atoms with Gasteiger partial charge in [0.1, 0.15) is 0 Å². The second kappa shape index (κ2) is 9.05. The highest BCUT2D eigenvalue weighted by atomic mass is 35.5. The number of amides is 2. The summed E-state index contributed by atoms with van der Waals surface area (Å²) in [6, 6.07) is 8.79. The van der Waals surface area contributed by atoms with Gasteiger partial charge in [0.25, 0.3) is 5.91 Å². The minimum atomic E-state index is -0.300. The van der Waals surface area contributed by atoms with Gasteiger partial charge in [-0.15, -0.1) is 0 Å². The van der Waals surface area contributed by atoms with Gasteiger partial charge < -0.3 is 19.8 Å². The first-order valence-corrected chi connectivity index (χ1v) is 11.4. The lowest BCUT2D eigenvalue weighted by Gasteiger charge is -2.34. The van der Waals surface area contributed by atoms with Gasteiger partial charge in [0.05, 0.1) is 21.1 Å². The van der Waals surface area contributed by atoms with Crippen LogP contribution in [0.15, 0.2) is 51.5 Å². The Balaban J connectivity index is 1.49. The van der Waals surface area contributed by atoms with E-state index in [9.17, 15) is 14.4 Å². The maximum Gasteiger partial charge on any atom is 0.323 e. The molecule has 1 aliphatic rings. The molecule has 1 aromatic heterocycles. The number of piperazine rings is 1. The average molecular weight is 491 g/mol. The van der Waals surface area contributed by atoms with Gasteiger partial charge >= 0.3 is 5.69 Å². The summed E-state index contributed by atoms with van der Waals surface area (Å²) < 4.78 is 0. The van der Waals surface area contributed by atoms with Crippen LogP contribution in [-0.4, -0.2) is 57.8 Å². The molecule has 2 heterocycles. The van der Waals surface area contributed by atoms with Crippen molar-refractivity contribution in [2.45, 2.75) is 16.7 Å². The van der Waals surface area contributed by atoms with Crippen molar-refractivity contribution in [3.8, 4) is 0 Å². The molecule has 0 unspecified atom stereocenters. The number of aromatic amines is 2. The number of halogens is 2. The Morgan fingerprint density at radius 1 is 0.938 bits per heavy atom. The number of rotatable bonds is 4. The van der Waals surface area contributed by atoms with Crippen molar-refractivity contribution in [1.82, 2.24) is 19.8 Å². The monoisotopic (exact) mass is 490 g/mol. The summed E-state index contributed by atoms with van der Waals surface area (Å²) in [4.78, 5) is 46.1. The molecule has 0 atom stereocenters. The molecule has 0 aliphatic carbocycles. The van der Waals surface area contributed by atoms with Crippen molar-refractivity contribution in [3.63, 3.8) is 0 Å². The normalized spacial score (nSPS) is 14.1. The lowest BCUT2D eigenvalue weighted by atomic mass is 10.1. The molecule has 32 heavy (non-hydrogen) atoms. The second-order valence-electron chi connectivity index (χ2n) is 7.43. The molecular formula is C22H20Cl2N4O3S. The van der Waals surface area contributed by atoms with E-state index in [1.165, 1.54) is 18.7 Å². The van der Waals surface area contributed by atoms with Crippen molar-refractivity contribution in [2.24, 2.45) is 0 Å². The number of H-pyrrole nitrogens is 2. The van der Waals surface area contributed by atoms with Gasteiger partial charge in [0.2, 0.25) is 5.91 Å². The fourth-order valence-corrected chi connectivity index (χ4v) is 4.98. The zero-order valence-electron chi connectivity index (χ0n) is 17.2. The molecule has 10 heteroatoms. The van der Waals surface area contributed by atoms with Crippen molar-refractivity contribution < 1.29 is 9.59 Å². The predicted octanol–water partition coefficient (Wildman–Crippen LogP) is 4.02. The average Bonchev–Trinajstić information content (AvgIpc) is 3.12. The van der Waals surface area contributed by atoms with Gasteiger partial charge in [0, 0.05) is 48.5 Å². The van der Waals surface area contributed by atoms with Crippen molar-refractivity contribution >= 4 is 63.4 Å². The molecule has 1 aliphatic heterocycles. The van der Waals surface area contributed by atoms with Crippen LogP contribution in [0.4, 0.5) is 0 Å². The van der Waals surface area contributed by atoms with E-state index in [1.807, 2.05) is 6.07 Å². The minimum absolute atomic E-state index is 0.0120. The van der Waals surface area contributed by atoms with E-state index in [4.69, 9.17) is 23.2 Å². The molecule has 2 amide bonds. The summed E-state index contributed by atoms with van der Waals surface area (Å²) in [5.41, 5.74) is 1.97. The first-order valence-electron chi connectivity index (χ1n) is 9.86. The smallest absolute Gasteiger partial charge is 0.323 e. The Bertz CT molecular complexity index is 1290. The zero-order chi connectivity index (χ0) is 23.0. The molecule has 2 N–H and O–H groups in total. The Kier molecular flexibility index (Phi) is 6.37. The highest BCUT2D eigenvalue weighted by Gasteiger charge is 2.24. The van der Waals surface area contributed by atoms with Crippen molar-refractivity contribution in [1.29, 1.82) is 0 Å². The summed E-state index contributed by atoms with van der Waals surface area (Å²) in [5.74, 6) is -0.160. The van der Waals surface area contributed by atoms with Crippen LogP contribution in [0.25, 0.3) is 16.6 Å². The standard InChI is InChI=1S/C22H20Cl2N4O3S/c1-12(21(30)28-7-5-27(6-8-28)13(2)29)14-3-4-19(15(23)9-14)32-20-11-18-17(10-16(20)24)25-22(31)26-18/h3-4,9-11H,1,5-8H2,2H3,(H2,25,26,31). The maximum atomic E-state index is 12.9. The summed E-state index contributed by atoms with van der Waals surface area (Å²) in [6.07, 6.45) is 0. The lowest BCUT2D eigenvalue weighted by molar-refractivity contribution is -0.135. The van der Waals surface area contributed by atoms with Crippen molar-refractivity contribution in [2.75, 3.05) is 26.2 Å². The number of aromatic nitrogens is 2. The lowest BCUT2D eigenvalue weighted by Crippen LogP contribution is -2.50. The molecule has 0 saturated carbocycles. The third-order valence-corrected chi connectivity index (χ3v) is 7.32. The quantitative estimate of drug-likeness (QED) is 0.540. The number of hydrogen-bond donors (Lipinski definition) is 2. The van der Waals surface area contributed by atoms with Crippen LogP contribution in [0.3, 0.4) is 0 Å². The number of benzene rings is 2. The van der Waals surface area contributed by atoms with Crippen LogP contribution >= 0.6 is 35.0 Å². The van der Waals surface area contributed by atoms with E-state index < -0.39 is 0 Å². The summed E-state index contributed by atoms with van der Waals surface area (Å²) in [5, 5.41) is 0.948. The highest BCUT2D eigenvalue weighted by Crippen LogP contribution is 2.39. The Hall–Kier alpha value is -2.68. The highest BCUT2D eigenvalue weighted by molar-refractivity contribution is 7.99. The van der Waals surface area contributed by atoms with E-state index in [0.717, 1.165) is 9.79 Å². The zero-order valence-corrected chi connectivity index (χ0v) is 19.5. The molecule has 4 rings (SSSR count). The fraction of sp³-hybridized carbons (Fsp3) is 0.227. The van der Waals surface area contributed by atoms with Gasteiger partial charge in [-0.3, -0.25) is 9.59 Å². The minimum Gasteiger partial charge on any atom is -0.339 e. The SMILES string of the molecule is C=C(C(=O)N1CCN(C(C)=O)CC1)c1ccc(Sc2cc3[nH]c(=O)[nH]c3cc2Cl)c(Cl)c1. The van der Waals surface area contributed by atoms with Crippen LogP contribution in [0.2, 0.25) is 10.0 Å². The summed E-state index contributed by atoms with van der Waals surface area (Å²) >= 11 is 14.2. The topological polar surface area (TPSA) is 89.3 Å².